The zero-order valence-electron chi connectivity index (χ0n) is 14.3. The molecule has 0 fully saturated rings. The minimum Gasteiger partial charge on any atom is -0.372 e. The van der Waals surface area contributed by atoms with Gasteiger partial charge in [-0.25, -0.2) is 4.99 Å². The molecule has 0 amide bonds. The van der Waals surface area contributed by atoms with Gasteiger partial charge in [-0.2, -0.15) is 0 Å². The Morgan fingerprint density at radius 3 is 2.62 bits per heavy atom. The lowest BCUT2D eigenvalue weighted by molar-refractivity contribution is 0.104. The standard InChI is InChI=1S/C20H21N3O/c1-4-23(5-2)18-10-8-15(13-14(18)3)22-17-9-11-19(24)20-16(17)7-6-12-21-20/h6-13H,4-5H2,1-3H3. The minimum absolute atomic E-state index is 0.0717. The summed E-state index contributed by atoms with van der Waals surface area (Å²) < 4.78 is 0. The van der Waals surface area contributed by atoms with Crippen molar-refractivity contribution in [3.05, 3.63) is 65.5 Å². The SMILES string of the molecule is CCN(CC)c1ccc(N=C2C=CC(=O)c3ncccc32)cc1C. The van der Waals surface area contributed by atoms with Crippen LogP contribution in [0.3, 0.4) is 0 Å². The highest BCUT2D eigenvalue weighted by Gasteiger charge is 2.18. The van der Waals surface area contributed by atoms with Crippen LogP contribution in [0.25, 0.3) is 0 Å². The zero-order valence-corrected chi connectivity index (χ0v) is 14.3. The number of pyridine rings is 1. The summed E-state index contributed by atoms with van der Waals surface area (Å²) in [6.45, 7) is 8.38. The quantitative estimate of drug-likeness (QED) is 0.852. The van der Waals surface area contributed by atoms with Crippen LogP contribution in [0, 0.1) is 6.92 Å². The minimum atomic E-state index is -0.0717. The van der Waals surface area contributed by atoms with E-state index in [9.17, 15) is 4.79 Å². The summed E-state index contributed by atoms with van der Waals surface area (Å²) in [5.41, 5.74) is 5.34. The summed E-state index contributed by atoms with van der Waals surface area (Å²) in [7, 11) is 0. The highest BCUT2D eigenvalue weighted by molar-refractivity contribution is 6.23. The van der Waals surface area contributed by atoms with Gasteiger partial charge in [0.15, 0.2) is 0 Å². The molecule has 0 saturated heterocycles. The summed E-state index contributed by atoms with van der Waals surface area (Å²) in [5.74, 6) is -0.0717. The van der Waals surface area contributed by atoms with Crippen LogP contribution in [0.1, 0.15) is 35.5 Å². The van der Waals surface area contributed by atoms with Crippen molar-refractivity contribution in [2.75, 3.05) is 18.0 Å². The maximum absolute atomic E-state index is 11.9. The summed E-state index contributed by atoms with van der Waals surface area (Å²) in [6.07, 6.45) is 4.93. The molecule has 1 aromatic carbocycles. The second kappa shape index (κ2) is 6.79. The summed E-state index contributed by atoms with van der Waals surface area (Å²) in [5, 5.41) is 0. The predicted octanol–water partition coefficient (Wildman–Crippen LogP) is 4.11. The summed E-state index contributed by atoms with van der Waals surface area (Å²) >= 11 is 0. The number of carbonyl (C=O) groups excluding carboxylic acids is 1. The molecule has 122 valence electrons. The first kappa shape index (κ1) is 16.1. The molecule has 0 N–H and O–H groups in total. The Bertz CT molecular complexity index is 833. The molecular formula is C20H21N3O. The van der Waals surface area contributed by atoms with E-state index in [0.717, 1.165) is 30.1 Å². The number of aromatic nitrogens is 1. The fourth-order valence-electron chi connectivity index (χ4n) is 3.00. The molecule has 4 heteroatoms. The molecule has 0 unspecified atom stereocenters. The van der Waals surface area contributed by atoms with Crippen molar-refractivity contribution in [1.82, 2.24) is 4.98 Å². The van der Waals surface area contributed by atoms with Crippen molar-refractivity contribution in [3.8, 4) is 0 Å². The van der Waals surface area contributed by atoms with Crippen molar-refractivity contribution in [1.29, 1.82) is 0 Å². The van der Waals surface area contributed by atoms with Crippen molar-refractivity contribution in [2.45, 2.75) is 20.8 Å². The highest BCUT2D eigenvalue weighted by atomic mass is 16.1. The number of carbonyl (C=O) groups is 1. The molecule has 2 aromatic rings. The molecular weight excluding hydrogens is 298 g/mol. The average molecular weight is 319 g/mol. The molecule has 1 aliphatic carbocycles. The second-order valence-electron chi connectivity index (χ2n) is 5.74. The number of fused-ring (bicyclic) bond motifs is 1. The van der Waals surface area contributed by atoms with Gasteiger partial charge in [0, 0.05) is 30.5 Å². The van der Waals surface area contributed by atoms with Crippen LogP contribution in [-0.2, 0) is 0 Å². The third-order valence-electron chi connectivity index (χ3n) is 4.24. The first-order valence-corrected chi connectivity index (χ1v) is 8.26. The molecule has 0 radical (unpaired) electrons. The van der Waals surface area contributed by atoms with Crippen molar-refractivity contribution < 1.29 is 4.79 Å². The molecule has 1 aliphatic rings. The van der Waals surface area contributed by atoms with E-state index in [1.165, 1.54) is 17.3 Å². The summed E-state index contributed by atoms with van der Waals surface area (Å²) in [4.78, 5) is 23.1. The number of aliphatic imine (C=N–C) groups is 1. The topological polar surface area (TPSA) is 45.6 Å². The van der Waals surface area contributed by atoms with Gasteiger partial charge in [-0.05, 0) is 68.8 Å². The monoisotopic (exact) mass is 319 g/mol. The first-order valence-electron chi connectivity index (χ1n) is 8.26. The van der Waals surface area contributed by atoms with Crippen molar-refractivity contribution in [2.24, 2.45) is 4.99 Å². The first-order chi connectivity index (χ1) is 11.6. The van der Waals surface area contributed by atoms with Crippen LogP contribution in [0.4, 0.5) is 11.4 Å². The Kier molecular flexibility index (Phi) is 4.56. The lowest BCUT2D eigenvalue weighted by Gasteiger charge is -2.23. The van der Waals surface area contributed by atoms with E-state index >= 15 is 0 Å². The normalized spacial score (nSPS) is 14.8. The van der Waals surface area contributed by atoms with Crippen LogP contribution >= 0.6 is 0 Å². The molecule has 0 spiro atoms. The fourth-order valence-corrected chi connectivity index (χ4v) is 3.00. The van der Waals surface area contributed by atoms with E-state index in [-0.39, 0.29) is 5.78 Å². The van der Waals surface area contributed by atoms with E-state index in [4.69, 9.17) is 4.99 Å². The number of hydrogen-bond acceptors (Lipinski definition) is 4. The van der Waals surface area contributed by atoms with E-state index < -0.39 is 0 Å². The van der Waals surface area contributed by atoms with Crippen LogP contribution in [0.15, 0.2) is 53.7 Å². The molecule has 0 aliphatic heterocycles. The van der Waals surface area contributed by atoms with Gasteiger partial charge >= 0.3 is 0 Å². The smallest absolute Gasteiger partial charge is 0.204 e. The van der Waals surface area contributed by atoms with Crippen LogP contribution in [-0.4, -0.2) is 29.6 Å². The molecule has 0 bridgehead atoms. The third-order valence-corrected chi connectivity index (χ3v) is 4.24. The Labute approximate surface area is 142 Å². The van der Waals surface area contributed by atoms with Crippen LogP contribution in [0.2, 0.25) is 0 Å². The maximum atomic E-state index is 11.9. The van der Waals surface area contributed by atoms with E-state index in [2.05, 4.69) is 42.8 Å². The van der Waals surface area contributed by atoms with E-state index in [0.29, 0.717) is 5.69 Å². The zero-order chi connectivity index (χ0) is 17.1. The predicted molar refractivity (Wildman–Crippen MR) is 98.6 cm³/mol. The number of hydrogen-bond donors (Lipinski definition) is 0. The lowest BCUT2D eigenvalue weighted by Crippen LogP contribution is -2.22. The molecule has 0 atom stereocenters. The third kappa shape index (κ3) is 3.00. The Morgan fingerprint density at radius 1 is 1.12 bits per heavy atom. The molecule has 1 aromatic heterocycles. The molecule has 24 heavy (non-hydrogen) atoms. The Balaban J connectivity index is 1.99. The van der Waals surface area contributed by atoms with Gasteiger partial charge in [0.25, 0.3) is 0 Å². The molecule has 4 nitrogen and oxygen atoms in total. The average Bonchev–Trinajstić information content (AvgIpc) is 2.60. The van der Waals surface area contributed by atoms with Gasteiger partial charge < -0.3 is 4.90 Å². The van der Waals surface area contributed by atoms with Crippen molar-refractivity contribution in [3.63, 3.8) is 0 Å². The number of nitrogens with zero attached hydrogens (tertiary/aromatic N) is 3. The van der Waals surface area contributed by atoms with Gasteiger partial charge in [0.2, 0.25) is 5.78 Å². The number of allylic oxidation sites excluding steroid dienone is 2. The Hall–Kier alpha value is -2.75. The molecule has 1 heterocycles. The largest absolute Gasteiger partial charge is 0.372 e. The second-order valence-corrected chi connectivity index (χ2v) is 5.74. The number of rotatable bonds is 4. The molecule has 0 saturated carbocycles. The highest BCUT2D eigenvalue weighted by Crippen LogP contribution is 2.26. The molecule has 3 rings (SSSR count). The van der Waals surface area contributed by atoms with Gasteiger partial charge in [-0.15, -0.1) is 0 Å². The van der Waals surface area contributed by atoms with Crippen LogP contribution < -0.4 is 4.90 Å². The number of benzene rings is 1. The Morgan fingerprint density at radius 2 is 1.92 bits per heavy atom. The van der Waals surface area contributed by atoms with Gasteiger partial charge in [0.05, 0.1) is 11.4 Å². The number of anilines is 1. The maximum Gasteiger partial charge on any atom is 0.204 e. The number of ketones is 1. The van der Waals surface area contributed by atoms with Gasteiger partial charge in [-0.1, -0.05) is 0 Å². The van der Waals surface area contributed by atoms with E-state index in [1.54, 1.807) is 12.3 Å². The van der Waals surface area contributed by atoms with Crippen molar-refractivity contribution >= 4 is 22.9 Å². The van der Waals surface area contributed by atoms with Gasteiger partial charge in [0.1, 0.15) is 5.69 Å². The lowest BCUT2D eigenvalue weighted by atomic mass is 9.99. The van der Waals surface area contributed by atoms with Crippen LogP contribution in [0.5, 0.6) is 0 Å². The fraction of sp³-hybridized carbons (Fsp3) is 0.250. The van der Waals surface area contributed by atoms with E-state index in [1.807, 2.05) is 18.2 Å². The van der Waals surface area contributed by atoms with Gasteiger partial charge in [-0.3, -0.25) is 9.78 Å². The summed E-state index contributed by atoms with van der Waals surface area (Å²) in [6, 6.07) is 9.94. The number of aryl methyl sites for hydroxylation is 1.